The maximum atomic E-state index is 13.0. The Kier molecular flexibility index (Phi) is 9.83. The molecule has 0 saturated carbocycles. The van der Waals surface area contributed by atoms with Crippen LogP contribution in [0.2, 0.25) is 0 Å². The van der Waals surface area contributed by atoms with E-state index in [2.05, 4.69) is 61.4 Å². The van der Waals surface area contributed by atoms with E-state index in [-0.39, 0.29) is 30.8 Å². The maximum Gasteiger partial charge on any atom is 0.407 e. The maximum absolute atomic E-state index is 13.0. The fourth-order valence-corrected chi connectivity index (χ4v) is 4.76. The first-order valence-corrected chi connectivity index (χ1v) is 13.0. The number of ether oxygens (including phenoxy) is 1. The van der Waals surface area contributed by atoms with Crippen LogP contribution in [0.15, 0.2) is 48.5 Å². The lowest BCUT2D eigenvalue weighted by Gasteiger charge is -2.24. The van der Waals surface area contributed by atoms with Gasteiger partial charge >= 0.3 is 6.09 Å². The van der Waals surface area contributed by atoms with Crippen molar-refractivity contribution in [1.29, 1.82) is 0 Å². The quantitative estimate of drug-likeness (QED) is 0.285. The van der Waals surface area contributed by atoms with Gasteiger partial charge in [0.2, 0.25) is 5.91 Å². The first kappa shape index (κ1) is 28.3. The fourth-order valence-electron chi connectivity index (χ4n) is 4.76. The van der Waals surface area contributed by atoms with Crippen molar-refractivity contribution in [2.75, 3.05) is 47.9 Å². The second-order valence-corrected chi connectivity index (χ2v) is 10.7. The molecule has 3 N–H and O–H groups in total. The van der Waals surface area contributed by atoms with Crippen molar-refractivity contribution in [3.63, 3.8) is 0 Å². The third-order valence-electron chi connectivity index (χ3n) is 6.84. The third kappa shape index (κ3) is 7.87. The molecule has 0 saturated heterocycles. The topological polar surface area (TPSA) is 96.5 Å². The molecule has 0 aromatic heterocycles. The van der Waals surface area contributed by atoms with Crippen LogP contribution in [-0.2, 0) is 14.3 Å². The summed E-state index contributed by atoms with van der Waals surface area (Å²) in [6.45, 7) is 2.78. The van der Waals surface area contributed by atoms with E-state index >= 15 is 0 Å². The minimum atomic E-state index is -0.743. The van der Waals surface area contributed by atoms with Gasteiger partial charge in [0.1, 0.15) is 18.4 Å². The lowest BCUT2D eigenvalue weighted by Crippen LogP contribution is -2.51. The number of Topliss-reactive ketones (excluding diaryl/α,β-unsaturated/α-hetero) is 1. The fraction of sp³-hybridized carbons (Fsp3) is 0.483. The Bertz CT molecular complexity index is 1050. The van der Waals surface area contributed by atoms with Gasteiger partial charge in [-0.25, -0.2) is 4.79 Å². The molecule has 1 aliphatic carbocycles. The summed E-state index contributed by atoms with van der Waals surface area (Å²) in [6, 6.07) is 15.1. The molecule has 37 heavy (non-hydrogen) atoms. The zero-order chi connectivity index (χ0) is 27.0. The molecule has 8 heteroatoms. The van der Waals surface area contributed by atoms with Gasteiger partial charge in [0, 0.05) is 12.5 Å². The van der Waals surface area contributed by atoms with Crippen molar-refractivity contribution in [3.05, 3.63) is 59.7 Å². The monoisotopic (exact) mass is 509 g/mol. The molecule has 0 radical (unpaired) electrons. The van der Waals surface area contributed by atoms with Crippen LogP contribution in [0.1, 0.15) is 43.2 Å². The molecule has 2 aromatic rings. The largest absolute Gasteiger partial charge is 0.449 e. The van der Waals surface area contributed by atoms with Crippen LogP contribution in [0.25, 0.3) is 11.1 Å². The second-order valence-electron chi connectivity index (χ2n) is 10.7. The van der Waals surface area contributed by atoms with E-state index in [1.807, 2.05) is 24.3 Å². The van der Waals surface area contributed by atoms with Crippen LogP contribution in [0, 0.1) is 0 Å². The normalized spacial score (nSPS) is 14.3. The molecule has 2 amide bonds. The van der Waals surface area contributed by atoms with Crippen molar-refractivity contribution in [3.8, 4) is 11.1 Å². The lowest BCUT2D eigenvalue weighted by atomic mass is 9.98. The van der Waals surface area contributed by atoms with E-state index < -0.39 is 18.2 Å². The molecule has 200 valence electrons. The van der Waals surface area contributed by atoms with Gasteiger partial charge in [-0.3, -0.25) is 9.59 Å². The number of nitrogens with zero attached hydrogens (tertiary/aromatic N) is 1. The Morgan fingerprint density at radius 1 is 0.919 bits per heavy atom. The number of ketones is 1. The SMILES string of the molecule is CN[C@@H](CNC(=O)[C@H](CCCC[N+](C)(C)C)NC(=O)OCC1c2ccccc2-c2ccccc21)C(C)=O. The van der Waals surface area contributed by atoms with Crippen molar-refractivity contribution in [2.24, 2.45) is 0 Å². The Balaban J connectivity index is 1.62. The number of hydrogen-bond acceptors (Lipinski definition) is 5. The van der Waals surface area contributed by atoms with E-state index in [4.69, 9.17) is 4.74 Å². The third-order valence-corrected chi connectivity index (χ3v) is 6.84. The minimum Gasteiger partial charge on any atom is -0.449 e. The molecule has 0 fully saturated rings. The van der Waals surface area contributed by atoms with Gasteiger partial charge in [0.15, 0.2) is 0 Å². The zero-order valence-corrected chi connectivity index (χ0v) is 22.7. The summed E-state index contributed by atoms with van der Waals surface area (Å²) >= 11 is 0. The molecule has 0 aliphatic heterocycles. The molecule has 2 aromatic carbocycles. The van der Waals surface area contributed by atoms with E-state index in [1.54, 1.807) is 7.05 Å². The van der Waals surface area contributed by atoms with Crippen LogP contribution >= 0.6 is 0 Å². The Morgan fingerprint density at radius 3 is 2.05 bits per heavy atom. The number of fused-ring (bicyclic) bond motifs is 3. The summed E-state index contributed by atoms with van der Waals surface area (Å²) in [5, 5.41) is 8.47. The second kappa shape index (κ2) is 12.8. The predicted octanol–water partition coefficient (Wildman–Crippen LogP) is 3.06. The standard InChI is InChI=1S/C29H40N4O4/c1-20(34)27(30-2)18-31-28(35)26(16-10-11-17-33(3,4)5)32-29(36)37-19-25-23-14-8-6-12-21(23)22-13-7-9-15-24(22)25/h6-9,12-15,25-27,30H,10-11,16-19H2,1-5H3,(H-,31,32,35,36)/p+1/t26-,27-/m0/s1. The number of alkyl carbamates (subject to hydrolysis) is 1. The zero-order valence-electron chi connectivity index (χ0n) is 22.7. The number of nitrogens with one attached hydrogen (secondary N) is 3. The molecule has 0 spiro atoms. The number of carbonyl (C=O) groups excluding carboxylic acids is 3. The van der Waals surface area contributed by atoms with Gasteiger partial charge in [-0.05, 0) is 55.5 Å². The summed E-state index contributed by atoms with van der Waals surface area (Å²) in [5.74, 6) is -0.436. The smallest absolute Gasteiger partial charge is 0.407 e. The Hall–Kier alpha value is -3.23. The molecule has 3 rings (SSSR count). The van der Waals surface area contributed by atoms with Crippen LogP contribution in [-0.4, -0.2) is 82.2 Å². The summed E-state index contributed by atoms with van der Waals surface area (Å²) in [6.07, 6.45) is 1.57. The van der Waals surface area contributed by atoms with E-state index in [1.165, 1.54) is 6.92 Å². The molecule has 1 aliphatic rings. The number of benzene rings is 2. The van der Waals surface area contributed by atoms with E-state index in [0.717, 1.165) is 46.1 Å². The first-order valence-electron chi connectivity index (χ1n) is 13.0. The first-order chi connectivity index (χ1) is 17.6. The highest BCUT2D eigenvalue weighted by atomic mass is 16.5. The Labute approximate surface area is 220 Å². The van der Waals surface area contributed by atoms with Crippen LogP contribution in [0.5, 0.6) is 0 Å². The summed E-state index contributed by atoms with van der Waals surface area (Å²) in [7, 11) is 8.05. The van der Waals surface area contributed by atoms with Crippen molar-refractivity contribution >= 4 is 17.8 Å². The minimum absolute atomic E-state index is 0.0538. The number of carbonyl (C=O) groups is 3. The van der Waals surface area contributed by atoms with Gasteiger partial charge in [-0.1, -0.05) is 48.5 Å². The number of rotatable bonds is 13. The highest BCUT2D eigenvalue weighted by molar-refractivity contribution is 5.87. The van der Waals surface area contributed by atoms with Crippen LogP contribution in [0.4, 0.5) is 4.79 Å². The highest BCUT2D eigenvalue weighted by Gasteiger charge is 2.30. The van der Waals surface area contributed by atoms with Gasteiger partial charge < -0.3 is 25.2 Å². The van der Waals surface area contributed by atoms with E-state index in [9.17, 15) is 14.4 Å². The van der Waals surface area contributed by atoms with Crippen molar-refractivity contribution in [1.82, 2.24) is 16.0 Å². The van der Waals surface area contributed by atoms with Gasteiger partial charge in [-0.2, -0.15) is 0 Å². The van der Waals surface area contributed by atoms with Gasteiger partial charge in [-0.15, -0.1) is 0 Å². The molecule has 0 heterocycles. The molecular weight excluding hydrogens is 468 g/mol. The van der Waals surface area contributed by atoms with Gasteiger partial charge in [0.05, 0.1) is 33.7 Å². The summed E-state index contributed by atoms with van der Waals surface area (Å²) in [4.78, 5) is 37.5. The Morgan fingerprint density at radius 2 is 1.51 bits per heavy atom. The molecular formula is C29H41N4O4+. The predicted molar refractivity (Wildman–Crippen MR) is 145 cm³/mol. The number of likely N-dealkylation sites (N-methyl/N-ethyl adjacent to an activating group) is 1. The molecule has 2 atom stereocenters. The van der Waals surface area contributed by atoms with Crippen LogP contribution in [0.3, 0.4) is 0 Å². The highest BCUT2D eigenvalue weighted by Crippen LogP contribution is 2.44. The summed E-state index contributed by atoms with van der Waals surface area (Å²) < 4.78 is 6.50. The number of unbranched alkanes of at least 4 members (excludes halogenated alkanes) is 1. The van der Waals surface area contributed by atoms with Crippen molar-refractivity contribution in [2.45, 2.75) is 44.2 Å². The molecule has 0 bridgehead atoms. The average Bonchev–Trinajstić information content (AvgIpc) is 3.17. The number of hydrogen-bond donors (Lipinski definition) is 3. The number of quaternary nitrogens is 1. The lowest BCUT2D eigenvalue weighted by molar-refractivity contribution is -0.870. The molecule has 8 nitrogen and oxygen atoms in total. The van der Waals surface area contributed by atoms with Crippen LogP contribution < -0.4 is 16.0 Å². The molecule has 0 unspecified atom stereocenters. The van der Waals surface area contributed by atoms with E-state index in [0.29, 0.717) is 6.42 Å². The average molecular weight is 510 g/mol. The summed E-state index contributed by atoms with van der Waals surface area (Å²) in [5.41, 5.74) is 4.58. The number of amides is 2. The van der Waals surface area contributed by atoms with Crippen molar-refractivity contribution < 1.29 is 23.6 Å². The van der Waals surface area contributed by atoms with Gasteiger partial charge in [0.25, 0.3) is 0 Å².